The third kappa shape index (κ3) is 6.17. The molecule has 1 aliphatic carbocycles. The SMILES string of the molecule is CN1CCN(C2CCN(c3ccc(Nc4nc(NC5CCOC6(CC6)C5)c(-c5ccn[nH]5)nc4C(N)=O)cc3)CC2)CC1. The van der Waals surface area contributed by atoms with Crippen LogP contribution in [0.25, 0.3) is 11.4 Å². The predicted molar refractivity (Wildman–Crippen MR) is 167 cm³/mol. The maximum Gasteiger partial charge on any atom is 0.271 e. The number of nitrogens with one attached hydrogen (secondary N) is 3. The van der Waals surface area contributed by atoms with Crippen molar-refractivity contribution >= 4 is 28.9 Å². The number of anilines is 4. The molecule has 7 rings (SSSR count). The molecule has 2 aromatic heterocycles. The number of amides is 1. The van der Waals surface area contributed by atoms with Gasteiger partial charge in [0, 0.05) is 75.5 Å². The van der Waals surface area contributed by atoms with Gasteiger partial charge in [-0.3, -0.25) is 14.8 Å². The van der Waals surface area contributed by atoms with Crippen molar-refractivity contribution in [2.45, 2.75) is 56.2 Å². The Kier molecular flexibility index (Phi) is 7.66. The summed E-state index contributed by atoms with van der Waals surface area (Å²) in [6, 6.07) is 11.0. The number of carbonyl (C=O) groups is 1. The Bertz CT molecular complexity index is 1410. The van der Waals surface area contributed by atoms with Crippen molar-refractivity contribution < 1.29 is 9.53 Å². The van der Waals surface area contributed by atoms with Gasteiger partial charge in [0.05, 0.1) is 11.3 Å². The highest BCUT2D eigenvalue weighted by Crippen LogP contribution is 2.47. The number of hydrogen-bond donors (Lipinski definition) is 4. The fourth-order valence-electron chi connectivity index (χ4n) is 6.77. The molecule has 43 heavy (non-hydrogen) atoms. The fourth-order valence-corrected chi connectivity index (χ4v) is 6.77. The molecule has 3 aliphatic heterocycles. The number of ether oxygens (including phenoxy) is 1. The third-order valence-electron chi connectivity index (χ3n) is 9.54. The van der Waals surface area contributed by atoms with Gasteiger partial charge >= 0.3 is 0 Å². The van der Waals surface area contributed by atoms with E-state index in [-0.39, 0.29) is 17.3 Å². The average molecular weight is 587 g/mol. The second-order valence-corrected chi connectivity index (χ2v) is 12.5. The highest BCUT2D eigenvalue weighted by atomic mass is 16.5. The normalized spacial score (nSPS) is 22.9. The number of aromatic amines is 1. The monoisotopic (exact) mass is 586 g/mol. The molecule has 5 heterocycles. The van der Waals surface area contributed by atoms with Gasteiger partial charge in [-0.25, -0.2) is 9.97 Å². The number of piperidine rings is 1. The molecule has 5 N–H and O–H groups in total. The minimum atomic E-state index is -0.648. The van der Waals surface area contributed by atoms with E-state index in [9.17, 15) is 4.79 Å². The number of hydrogen-bond acceptors (Lipinski definition) is 10. The van der Waals surface area contributed by atoms with Gasteiger partial charge in [-0.2, -0.15) is 5.10 Å². The molecular formula is C31H42N10O2. The van der Waals surface area contributed by atoms with Gasteiger partial charge in [-0.15, -0.1) is 0 Å². The summed E-state index contributed by atoms with van der Waals surface area (Å²) in [7, 11) is 2.21. The highest BCUT2D eigenvalue weighted by molar-refractivity contribution is 5.97. The van der Waals surface area contributed by atoms with Crippen molar-refractivity contribution in [2.75, 3.05) is 68.5 Å². The van der Waals surface area contributed by atoms with Gasteiger partial charge < -0.3 is 30.9 Å². The average Bonchev–Trinajstić information content (AvgIpc) is 3.52. The lowest BCUT2D eigenvalue weighted by Crippen LogP contribution is -2.52. The Morgan fingerprint density at radius 1 is 1.00 bits per heavy atom. The number of piperazine rings is 1. The second kappa shape index (κ2) is 11.7. The van der Waals surface area contributed by atoms with E-state index in [2.05, 4.69) is 59.7 Å². The lowest BCUT2D eigenvalue weighted by molar-refractivity contribution is -0.00884. The standard InChI is InChI=1S/C31H42N10O2/c1-39-15-17-41(18-16-39)24-7-13-40(14-8-24)23-4-2-21(3-5-23)34-30-27(28(32)42)36-26(25-6-12-33-38-25)29(37-30)35-22-9-19-43-31(20-22)10-11-31/h2-6,12,22,24H,7-11,13-20H2,1H3,(H2,32,42)(H,33,38)(H2,34,35,37). The van der Waals surface area contributed by atoms with E-state index < -0.39 is 5.91 Å². The summed E-state index contributed by atoms with van der Waals surface area (Å²) >= 11 is 0. The van der Waals surface area contributed by atoms with Crippen LogP contribution in [0.4, 0.5) is 23.0 Å². The van der Waals surface area contributed by atoms with Crippen molar-refractivity contribution in [3.05, 3.63) is 42.2 Å². The van der Waals surface area contributed by atoms with E-state index in [1.54, 1.807) is 6.20 Å². The second-order valence-electron chi connectivity index (χ2n) is 12.5. The number of rotatable bonds is 8. The minimum Gasteiger partial charge on any atom is -0.375 e. The zero-order valence-electron chi connectivity index (χ0n) is 24.9. The number of benzene rings is 1. The molecule has 1 unspecified atom stereocenters. The molecule has 0 bridgehead atoms. The quantitative estimate of drug-likeness (QED) is 0.311. The first-order valence-electron chi connectivity index (χ1n) is 15.6. The first-order chi connectivity index (χ1) is 20.9. The Morgan fingerprint density at radius 3 is 2.44 bits per heavy atom. The van der Waals surface area contributed by atoms with Crippen molar-refractivity contribution in [1.82, 2.24) is 30.0 Å². The molecule has 3 saturated heterocycles. The van der Waals surface area contributed by atoms with E-state index in [0.29, 0.717) is 29.1 Å². The number of H-pyrrole nitrogens is 1. The Labute approximate surface area is 252 Å². The van der Waals surface area contributed by atoms with E-state index >= 15 is 0 Å². The van der Waals surface area contributed by atoms with Crippen LogP contribution in [0.1, 0.15) is 49.0 Å². The predicted octanol–water partition coefficient (Wildman–Crippen LogP) is 3.05. The summed E-state index contributed by atoms with van der Waals surface area (Å²) in [5, 5.41) is 14.0. The van der Waals surface area contributed by atoms with Crippen LogP contribution in [0, 0.1) is 0 Å². The van der Waals surface area contributed by atoms with Crippen LogP contribution in [-0.4, -0.2) is 106 Å². The number of nitrogens with zero attached hydrogens (tertiary/aromatic N) is 6. The molecule has 1 spiro atoms. The minimum absolute atomic E-state index is 0.00727. The van der Waals surface area contributed by atoms with Crippen LogP contribution in [-0.2, 0) is 4.74 Å². The topological polar surface area (TPSA) is 141 Å². The molecule has 1 saturated carbocycles. The Morgan fingerprint density at radius 2 is 1.77 bits per heavy atom. The molecule has 3 aromatic rings. The van der Waals surface area contributed by atoms with Gasteiger partial charge in [-0.1, -0.05) is 0 Å². The summed E-state index contributed by atoms with van der Waals surface area (Å²) in [6.45, 7) is 7.50. The Balaban J connectivity index is 1.07. The zero-order valence-corrected chi connectivity index (χ0v) is 24.9. The zero-order chi connectivity index (χ0) is 29.4. The molecular weight excluding hydrogens is 544 g/mol. The van der Waals surface area contributed by atoms with Gasteiger partial charge in [-0.05, 0) is 75.9 Å². The highest BCUT2D eigenvalue weighted by Gasteiger charge is 2.48. The van der Waals surface area contributed by atoms with Gasteiger partial charge in [0.15, 0.2) is 17.3 Å². The molecule has 1 atom stereocenters. The smallest absolute Gasteiger partial charge is 0.271 e. The maximum absolute atomic E-state index is 12.6. The third-order valence-corrected chi connectivity index (χ3v) is 9.54. The summed E-state index contributed by atoms with van der Waals surface area (Å²) in [5.41, 5.74) is 9.09. The first-order valence-corrected chi connectivity index (χ1v) is 15.6. The molecule has 0 radical (unpaired) electrons. The van der Waals surface area contributed by atoms with Crippen molar-refractivity contribution in [3.8, 4) is 11.4 Å². The molecule has 1 amide bonds. The summed E-state index contributed by atoms with van der Waals surface area (Å²) in [4.78, 5) is 29.7. The lowest BCUT2D eigenvalue weighted by atomic mass is 10.0. The van der Waals surface area contributed by atoms with Crippen molar-refractivity contribution in [3.63, 3.8) is 0 Å². The largest absolute Gasteiger partial charge is 0.375 e. The molecule has 12 heteroatoms. The van der Waals surface area contributed by atoms with E-state index in [4.69, 9.17) is 15.5 Å². The van der Waals surface area contributed by atoms with Crippen LogP contribution in [0.2, 0.25) is 0 Å². The van der Waals surface area contributed by atoms with Crippen LogP contribution in [0.15, 0.2) is 36.5 Å². The fraction of sp³-hybridized carbons (Fsp3) is 0.548. The number of nitrogens with two attached hydrogens (primary N) is 1. The van der Waals surface area contributed by atoms with Crippen LogP contribution < -0.4 is 21.3 Å². The number of primary amides is 1. The van der Waals surface area contributed by atoms with Crippen molar-refractivity contribution in [2.24, 2.45) is 5.73 Å². The molecule has 1 aromatic carbocycles. The van der Waals surface area contributed by atoms with E-state index in [0.717, 1.165) is 64.2 Å². The lowest BCUT2D eigenvalue weighted by Gasteiger charge is -2.42. The van der Waals surface area contributed by atoms with Crippen LogP contribution in [0.3, 0.4) is 0 Å². The number of carbonyl (C=O) groups excluding carboxylic acids is 1. The van der Waals surface area contributed by atoms with Gasteiger partial charge in [0.25, 0.3) is 5.91 Å². The van der Waals surface area contributed by atoms with Crippen LogP contribution in [0.5, 0.6) is 0 Å². The van der Waals surface area contributed by atoms with Gasteiger partial charge in [0.1, 0.15) is 5.69 Å². The summed E-state index contributed by atoms with van der Waals surface area (Å²) in [6.07, 6.45) is 8.03. The molecule has 4 fully saturated rings. The molecule has 228 valence electrons. The maximum atomic E-state index is 12.6. The number of aromatic nitrogens is 4. The summed E-state index contributed by atoms with van der Waals surface area (Å²) < 4.78 is 6.02. The Hall–Kier alpha value is -3.74. The number of likely N-dealkylation sites (N-methyl/N-ethyl adjacent to an activating group) is 1. The van der Waals surface area contributed by atoms with E-state index in [1.807, 2.05) is 18.2 Å². The van der Waals surface area contributed by atoms with Crippen LogP contribution >= 0.6 is 0 Å². The molecule has 12 nitrogen and oxygen atoms in total. The van der Waals surface area contributed by atoms with Gasteiger partial charge in [0.2, 0.25) is 0 Å². The first kappa shape index (κ1) is 28.1. The van der Waals surface area contributed by atoms with Crippen molar-refractivity contribution in [1.29, 1.82) is 0 Å². The van der Waals surface area contributed by atoms with E-state index in [1.165, 1.54) is 31.6 Å². The summed E-state index contributed by atoms with van der Waals surface area (Å²) in [5.74, 6) is 0.261. The molecule has 4 aliphatic rings.